The smallest absolute Gasteiger partial charge is 0.0785 e. The van der Waals surface area contributed by atoms with Gasteiger partial charge in [-0.2, -0.15) is 0 Å². The highest BCUT2D eigenvalue weighted by molar-refractivity contribution is 5.39. The molecule has 3 heteroatoms. The Morgan fingerprint density at radius 3 is 2.52 bits per heavy atom. The van der Waals surface area contributed by atoms with E-state index in [2.05, 4.69) is 61.6 Å². The number of aliphatic hydroxyl groups excluding tert-OH is 1. The van der Waals surface area contributed by atoms with Crippen molar-refractivity contribution in [3.8, 4) is 0 Å². The van der Waals surface area contributed by atoms with Crippen molar-refractivity contribution in [2.24, 2.45) is 0 Å². The summed E-state index contributed by atoms with van der Waals surface area (Å²) in [6.45, 7) is 5.37. The summed E-state index contributed by atoms with van der Waals surface area (Å²) in [6.07, 6.45) is 0.240. The molecule has 0 fully saturated rings. The summed E-state index contributed by atoms with van der Waals surface area (Å²) in [6, 6.07) is 17.1. The predicted octanol–water partition coefficient (Wildman–Crippen LogP) is 3.38. The van der Waals surface area contributed by atoms with E-state index in [1.54, 1.807) is 7.11 Å². The molecule has 0 saturated carbocycles. The summed E-state index contributed by atoms with van der Waals surface area (Å²) >= 11 is 0. The van der Waals surface area contributed by atoms with E-state index in [1.165, 1.54) is 22.3 Å². The molecular weight excluding hydrogens is 286 g/mol. The van der Waals surface area contributed by atoms with Crippen LogP contribution in [0.2, 0.25) is 0 Å². The first-order valence-corrected chi connectivity index (χ1v) is 8.14. The average molecular weight is 313 g/mol. The van der Waals surface area contributed by atoms with E-state index >= 15 is 0 Å². The Labute approximate surface area is 139 Å². The molecule has 0 heterocycles. The van der Waals surface area contributed by atoms with E-state index in [4.69, 9.17) is 4.74 Å². The van der Waals surface area contributed by atoms with Gasteiger partial charge in [-0.3, -0.25) is 0 Å². The first-order valence-electron chi connectivity index (χ1n) is 8.14. The quantitative estimate of drug-likeness (QED) is 0.785. The van der Waals surface area contributed by atoms with Crippen molar-refractivity contribution < 1.29 is 9.84 Å². The normalized spacial score (nSPS) is 13.7. The SMILES string of the molecule is COCC(O)CCNC(c1ccccc1)c1cc(C)ccc1C. The van der Waals surface area contributed by atoms with Crippen LogP contribution in [0.5, 0.6) is 0 Å². The van der Waals surface area contributed by atoms with Crippen molar-refractivity contribution in [2.45, 2.75) is 32.4 Å². The standard InChI is InChI=1S/C20H27NO2/c1-15-9-10-16(2)19(13-15)20(17-7-5-4-6-8-17)21-12-11-18(22)14-23-3/h4-10,13,18,20-22H,11-12,14H2,1-3H3. The Balaban J connectivity index is 2.18. The van der Waals surface area contributed by atoms with Gasteiger partial charge in [-0.1, -0.05) is 54.1 Å². The molecule has 2 aromatic rings. The molecule has 2 rings (SSSR count). The summed E-state index contributed by atoms with van der Waals surface area (Å²) in [5.41, 5.74) is 5.06. The molecule has 0 aromatic heterocycles. The van der Waals surface area contributed by atoms with Crippen molar-refractivity contribution in [3.63, 3.8) is 0 Å². The molecule has 0 aliphatic rings. The molecule has 2 N–H and O–H groups in total. The summed E-state index contributed by atoms with van der Waals surface area (Å²) in [5.74, 6) is 0. The number of aryl methyl sites for hydroxylation is 2. The van der Waals surface area contributed by atoms with E-state index in [9.17, 15) is 5.11 Å². The van der Waals surface area contributed by atoms with Crippen LogP contribution in [0.1, 0.15) is 34.7 Å². The zero-order valence-electron chi connectivity index (χ0n) is 14.3. The first kappa shape index (κ1) is 17.7. The average Bonchev–Trinajstić information content (AvgIpc) is 2.55. The minimum Gasteiger partial charge on any atom is -0.391 e. The minimum atomic E-state index is -0.428. The highest BCUT2D eigenvalue weighted by atomic mass is 16.5. The first-order chi connectivity index (χ1) is 11.1. The molecule has 124 valence electrons. The van der Waals surface area contributed by atoms with Gasteiger partial charge in [-0.05, 0) is 43.5 Å². The maximum Gasteiger partial charge on any atom is 0.0785 e. The lowest BCUT2D eigenvalue weighted by atomic mass is 9.93. The molecule has 2 aromatic carbocycles. The van der Waals surface area contributed by atoms with Crippen LogP contribution in [-0.4, -0.2) is 31.5 Å². The number of methoxy groups -OCH3 is 1. The third-order valence-electron chi connectivity index (χ3n) is 4.06. The molecule has 23 heavy (non-hydrogen) atoms. The van der Waals surface area contributed by atoms with E-state index < -0.39 is 6.10 Å². The summed E-state index contributed by atoms with van der Waals surface area (Å²) in [4.78, 5) is 0. The molecule has 0 aliphatic carbocycles. The number of benzene rings is 2. The Hall–Kier alpha value is -1.68. The van der Waals surface area contributed by atoms with Crippen LogP contribution in [0.15, 0.2) is 48.5 Å². The van der Waals surface area contributed by atoms with E-state index in [1.807, 2.05) is 6.07 Å². The Bertz CT molecular complexity index is 598. The molecule has 0 saturated heterocycles. The van der Waals surface area contributed by atoms with Crippen LogP contribution >= 0.6 is 0 Å². The number of hydrogen-bond acceptors (Lipinski definition) is 3. The van der Waals surface area contributed by atoms with Gasteiger partial charge in [-0.15, -0.1) is 0 Å². The van der Waals surface area contributed by atoms with Gasteiger partial charge < -0.3 is 15.2 Å². The lowest BCUT2D eigenvalue weighted by molar-refractivity contribution is 0.0591. The third-order valence-corrected chi connectivity index (χ3v) is 4.06. The molecule has 0 aliphatic heterocycles. The molecule has 0 spiro atoms. The Morgan fingerprint density at radius 1 is 1.09 bits per heavy atom. The van der Waals surface area contributed by atoms with Gasteiger partial charge in [0.15, 0.2) is 0 Å². The van der Waals surface area contributed by atoms with Crippen molar-refractivity contribution in [2.75, 3.05) is 20.3 Å². The molecule has 2 atom stereocenters. The molecular formula is C20H27NO2. The van der Waals surface area contributed by atoms with Gasteiger partial charge in [0, 0.05) is 7.11 Å². The minimum absolute atomic E-state index is 0.130. The molecule has 0 amide bonds. The van der Waals surface area contributed by atoms with Crippen LogP contribution in [0.3, 0.4) is 0 Å². The number of ether oxygens (including phenoxy) is 1. The second-order valence-corrected chi connectivity index (χ2v) is 6.06. The van der Waals surface area contributed by atoms with Crippen molar-refractivity contribution in [1.82, 2.24) is 5.32 Å². The van der Waals surface area contributed by atoms with Crippen molar-refractivity contribution in [3.05, 3.63) is 70.8 Å². The van der Waals surface area contributed by atoms with Crippen LogP contribution in [0, 0.1) is 13.8 Å². The van der Waals surface area contributed by atoms with Gasteiger partial charge in [0.2, 0.25) is 0 Å². The van der Waals surface area contributed by atoms with E-state index in [-0.39, 0.29) is 6.04 Å². The van der Waals surface area contributed by atoms with Crippen LogP contribution in [0.25, 0.3) is 0 Å². The number of nitrogens with one attached hydrogen (secondary N) is 1. The van der Waals surface area contributed by atoms with Gasteiger partial charge in [0.05, 0.1) is 18.8 Å². The van der Waals surface area contributed by atoms with Crippen LogP contribution in [0.4, 0.5) is 0 Å². The highest BCUT2D eigenvalue weighted by Gasteiger charge is 2.16. The fourth-order valence-corrected chi connectivity index (χ4v) is 2.79. The zero-order chi connectivity index (χ0) is 16.7. The van der Waals surface area contributed by atoms with Gasteiger partial charge in [0.25, 0.3) is 0 Å². The topological polar surface area (TPSA) is 41.5 Å². The highest BCUT2D eigenvalue weighted by Crippen LogP contribution is 2.25. The Kier molecular flexibility index (Phi) is 6.78. The van der Waals surface area contributed by atoms with Crippen LogP contribution in [-0.2, 0) is 4.74 Å². The number of rotatable bonds is 8. The zero-order valence-corrected chi connectivity index (χ0v) is 14.3. The second kappa shape index (κ2) is 8.82. The summed E-state index contributed by atoms with van der Waals surface area (Å²) < 4.78 is 4.99. The lowest BCUT2D eigenvalue weighted by Crippen LogP contribution is -2.28. The third kappa shape index (κ3) is 5.17. The van der Waals surface area contributed by atoms with Crippen LogP contribution < -0.4 is 5.32 Å². The number of aliphatic hydroxyl groups is 1. The molecule has 0 radical (unpaired) electrons. The van der Waals surface area contributed by atoms with Gasteiger partial charge in [0.1, 0.15) is 0 Å². The van der Waals surface area contributed by atoms with Crippen molar-refractivity contribution in [1.29, 1.82) is 0 Å². The van der Waals surface area contributed by atoms with Crippen molar-refractivity contribution >= 4 is 0 Å². The fraction of sp³-hybridized carbons (Fsp3) is 0.400. The summed E-state index contributed by atoms with van der Waals surface area (Å²) in [7, 11) is 1.61. The fourth-order valence-electron chi connectivity index (χ4n) is 2.79. The molecule has 2 unspecified atom stereocenters. The largest absolute Gasteiger partial charge is 0.391 e. The second-order valence-electron chi connectivity index (χ2n) is 6.06. The molecule has 0 bridgehead atoms. The maximum absolute atomic E-state index is 9.84. The van der Waals surface area contributed by atoms with Gasteiger partial charge in [-0.25, -0.2) is 0 Å². The van der Waals surface area contributed by atoms with E-state index in [0.29, 0.717) is 13.0 Å². The predicted molar refractivity (Wildman–Crippen MR) is 94.7 cm³/mol. The Morgan fingerprint density at radius 2 is 1.83 bits per heavy atom. The number of hydrogen-bond donors (Lipinski definition) is 2. The maximum atomic E-state index is 9.84. The lowest BCUT2D eigenvalue weighted by Gasteiger charge is -2.23. The molecule has 3 nitrogen and oxygen atoms in total. The van der Waals surface area contributed by atoms with Gasteiger partial charge >= 0.3 is 0 Å². The summed E-state index contributed by atoms with van der Waals surface area (Å²) in [5, 5.41) is 13.4. The van der Waals surface area contributed by atoms with E-state index in [0.717, 1.165) is 6.54 Å². The monoisotopic (exact) mass is 313 g/mol.